The van der Waals surface area contributed by atoms with Gasteiger partial charge in [-0.25, -0.2) is 4.79 Å². The summed E-state index contributed by atoms with van der Waals surface area (Å²) < 4.78 is 0. The molecule has 6 nitrogen and oxygen atoms in total. The van der Waals surface area contributed by atoms with Crippen LogP contribution in [0.2, 0.25) is 0 Å². The molecule has 3 aromatic carbocycles. The quantitative estimate of drug-likeness (QED) is 0.155. The SMILES string of the molecule is O=C([O-])[C@H](Cc1ccccc1)C[C@@H](Cc1ccccc1)C([O-])=N[C@@H](Cc1ccccc1)C(=O)O.[Na+].[Na+]. The average molecular weight is 504 g/mol. The number of carbonyl (C=O) groups excluding carboxylic acids is 1. The van der Waals surface area contributed by atoms with Gasteiger partial charge in [0.1, 0.15) is 6.04 Å². The number of hydrogen-bond donors (Lipinski definition) is 1. The summed E-state index contributed by atoms with van der Waals surface area (Å²) >= 11 is 0. The van der Waals surface area contributed by atoms with Gasteiger partial charge in [-0.05, 0) is 47.8 Å². The normalized spacial score (nSPS) is 13.4. The van der Waals surface area contributed by atoms with Gasteiger partial charge in [0.2, 0.25) is 0 Å². The van der Waals surface area contributed by atoms with Crippen LogP contribution in [0.1, 0.15) is 23.1 Å². The van der Waals surface area contributed by atoms with E-state index in [1.807, 2.05) is 66.7 Å². The Morgan fingerprint density at radius 2 is 1.06 bits per heavy atom. The molecule has 8 heteroatoms. The molecule has 3 atom stereocenters. The first kappa shape index (κ1) is 32.1. The number of nitrogens with zero attached hydrogens (tertiary/aromatic N) is 1. The summed E-state index contributed by atoms with van der Waals surface area (Å²) in [6.07, 6.45) is 0.563. The van der Waals surface area contributed by atoms with E-state index in [1.54, 1.807) is 24.3 Å². The van der Waals surface area contributed by atoms with Crippen molar-refractivity contribution >= 4 is 17.8 Å². The van der Waals surface area contributed by atoms with E-state index in [2.05, 4.69) is 4.99 Å². The van der Waals surface area contributed by atoms with Crippen LogP contribution in [0, 0.1) is 11.8 Å². The van der Waals surface area contributed by atoms with Crippen molar-refractivity contribution in [2.45, 2.75) is 31.7 Å². The third-order valence-electron chi connectivity index (χ3n) is 5.74. The third-order valence-corrected chi connectivity index (χ3v) is 5.74. The fraction of sp³-hybridized carbons (Fsp3) is 0.250. The summed E-state index contributed by atoms with van der Waals surface area (Å²) in [5.74, 6) is -4.74. The Morgan fingerprint density at radius 1 is 0.667 bits per heavy atom. The Bertz CT molecular complexity index is 1090. The molecule has 1 N–H and O–H groups in total. The van der Waals surface area contributed by atoms with Crippen LogP contribution in [0.5, 0.6) is 0 Å². The number of rotatable bonds is 12. The number of carbonyl (C=O) groups is 2. The summed E-state index contributed by atoms with van der Waals surface area (Å²) in [6, 6.07) is 26.1. The van der Waals surface area contributed by atoms with Crippen molar-refractivity contribution in [2.75, 3.05) is 0 Å². The van der Waals surface area contributed by atoms with E-state index >= 15 is 0 Å². The van der Waals surface area contributed by atoms with Gasteiger partial charge >= 0.3 is 65.1 Å². The molecule has 0 saturated carbocycles. The monoisotopic (exact) mass is 503 g/mol. The maximum atomic E-state index is 13.2. The Hall–Kier alpha value is -1.93. The molecule has 0 heterocycles. The van der Waals surface area contributed by atoms with Gasteiger partial charge in [0.25, 0.3) is 0 Å². The molecule has 0 saturated heterocycles. The average Bonchev–Trinajstić information content (AvgIpc) is 2.84. The second kappa shape index (κ2) is 16.7. The van der Waals surface area contributed by atoms with Crippen LogP contribution in [-0.4, -0.2) is 29.0 Å². The van der Waals surface area contributed by atoms with E-state index in [-0.39, 0.29) is 84.8 Å². The van der Waals surface area contributed by atoms with Crippen molar-refractivity contribution in [3.63, 3.8) is 0 Å². The number of benzene rings is 3. The minimum absolute atomic E-state index is 0. The molecule has 0 bridgehead atoms. The van der Waals surface area contributed by atoms with Gasteiger partial charge in [-0.15, -0.1) is 0 Å². The van der Waals surface area contributed by atoms with E-state index in [1.165, 1.54) is 0 Å². The predicted octanol–water partition coefficient (Wildman–Crippen LogP) is -3.69. The van der Waals surface area contributed by atoms with Gasteiger partial charge in [0, 0.05) is 18.3 Å². The molecule has 0 fully saturated rings. The fourth-order valence-corrected chi connectivity index (χ4v) is 3.96. The molecule has 176 valence electrons. The summed E-state index contributed by atoms with van der Waals surface area (Å²) in [5.41, 5.74) is 2.43. The zero-order chi connectivity index (χ0) is 24.3. The van der Waals surface area contributed by atoms with Crippen LogP contribution >= 0.6 is 0 Å². The van der Waals surface area contributed by atoms with Gasteiger partial charge in [0.15, 0.2) is 0 Å². The van der Waals surface area contributed by atoms with Gasteiger partial charge in [-0.3, -0.25) is 4.99 Å². The van der Waals surface area contributed by atoms with Crippen LogP contribution < -0.4 is 69.3 Å². The number of carboxylic acids is 2. The first-order chi connectivity index (χ1) is 16.4. The molecular weight excluding hydrogens is 476 g/mol. The van der Waals surface area contributed by atoms with E-state index < -0.39 is 35.7 Å². The third kappa shape index (κ3) is 10.6. The molecule has 36 heavy (non-hydrogen) atoms. The van der Waals surface area contributed by atoms with Crippen LogP contribution in [0.3, 0.4) is 0 Å². The number of hydrogen-bond acceptors (Lipinski definition) is 5. The zero-order valence-electron chi connectivity index (χ0n) is 20.7. The fourth-order valence-electron chi connectivity index (χ4n) is 3.96. The number of aliphatic imine (C=N–C) groups is 1. The summed E-state index contributed by atoms with van der Waals surface area (Å²) in [5, 5.41) is 34.8. The number of aliphatic carboxylic acids is 2. The summed E-state index contributed by atoms with van der Waals surface area (Å²) in [6.45, 7) is 0. The van der Waals surface area contributed by atoms with E-state index in [0.717, 1.165) is 16.7 Å². The van der Waals surface area contributed by atoms with Crippen molar-refractivity contribution in [2.24, 2.45) is 16.8 Å². The largest absolute Gasteiger partial charge is 1.00 e. The summed E-state index contributed by atoms with van der Waals surface area (Å²) in [7, 11) is 0. The minimum atomic E-state index is -1.25. The van der Waals surface area contributed by atoms with Gasteiger partial charge in [0.05, 0.1) is 0 Å². The second-order valence-corrected chi connectivity index (χ2v) is 8.34. The first-order valence-corrected chi connectivity index (χ1v) is 11.2. The molecule has 0 aliphatic heterocycles. The van der Waals surface area contributed by atoms with E-state index in [9.17, 15) is 24.9 Å². The summed E-state index contributed by atoms with van der Waals surface area (Å²) in [4.78, 5) is 27.8. The van der Waals surface area contributed by atoms with E-state index in [4.69, 9.17) is 0 Å². The minimum Gasteiger partial charge on any atom is -0.862 e. The Morgan fingerprint density at radius 3 is 1.44 bits per heavy atom. The molecule has 0 unspecified atom stereocenters. The van der Waals surface area contributed by atoms with Crippen molar-refractivity contribution < 1.29 is 84.0 Å². The van der Waals surface area contributed by atoms with Crippen LogP contribution in [0.15, 0.2) is 96.0 Å². The molecule has 3 aromatic rings. The van der Waals surface area contributed by atoms with Crippen LogP contribution in [-0.2, 0) is 28.9 Å². The van der Waals surface area contributed by atoms with Crippen molar-refractivity contribution in [3.8, 4) is 0 Å². The topological polar surface area (TPSA) is 113 Å². The van der Waals surface area contributed by atoms with Crippen LogP contribution in [0.4, 0.5) is 0 Å². The second-order valence-electron chi connectivity index (χ2n) is 8.34. The molecule has 0 aliphatic carbocycles. The molecule has 0 spiro atoms. The van der Waals surface area contributed by atoms with Gasteiger partial charge < -0.3 is 20.1 Å². The van der Waals surface area contributed by atoms with Gasteiger partial charge in [-0.1, -0.05) is 91.0 Å². The van der Waals surface area contributed by atoms with Crippen LogP contribution in [0.25, 0.3) is 0 Å². The molecular formula is C28H27NNa2O5. The maximum Gasteiger partial charge on any atom is 1.00 e. The molecule has 0 radical (unpaired) electrons. The van der Waals surface area contributed by atoms with Crippen molar-refractivity contribution in [1.82, 2.24) is 0 Å². The first-order valence-electron chi connectivity index (χ1n) is 11.2. The molecule has 0 amide bonds. The molecule has 3 rings (SSSR count). The van der Waals surface area contributed by atoms with Crippen molar-refractivity contribution in [3.05, 3.63) is 108 Å². The maximum absolute atomic E-state index is 13.2. The Balaban J connectivity index is 0.00000324. The zero-order valence-corrected chi connectivity index (χ0v) is 24.7. The Kier molecular flexibility index (Phi) is 14.9. The molecule has 0 aliphatic rings. The van der Waals surface area contributed by atoms with Gasteiger partial charge in [-0.2, -0.15) is 0 Å². The smallest absolute Gasteiger partial charge is 0.862 e. The van der Waals surface area contributed by atoms with Crippen molar-refractivity contribution in [1.29, 1.82) is 0 Å². The predicted molar refractivity (Wildman–Crippen MR) is 126 cm³/mol. The Labute approximate surface area is 256 Å². The standard InChI is InChI=1S/C28H29NO5.2Na/c30-26(29-25(28(33)34)18-22-14-8-3-9-15-22)23(16-20-10-4-1-5-11-20)19-24(27(31)32)17-21-12-6-2-7-13-21;;/h1-15,23-25H,16-19H2,(H,29,30)(H,31,32)(H,33,34);;/q;2*+1/p-2/t23-,24-,25+;;/m1../s1. The number of carboxylic acid groups (broad SMARTS) is 2. The van der Waals surface area contributed by atoms with E-state index in [0.29, 0.717) is 0 Å². The molecule has 0 aromatic heterocycles.